The number of unbranched alkanes of at least 4 members (excludes halogenated alkanes) is 1. The van der Waals surface area contributed by atoms with Crippen LogP contribution in [0.4, 0.5) is 0 Å². The zero-order valence-corrected chi connectivity index (χ0v) is 17.5. The smallest absolute Gasteiger partial charge is 0.202 e. The van der Waals surface area contributed by atoms with Crippen LogP contribution in [0.3, 0.4) is 0 Å². The van der Waals surface area contributed by atoms with Crippen molar-refractivity contribution in [1.82, 2.24) is 15.2 Å². The minimum atomic E-state index is 0.444. The lowest BCUT2D eigenvalue weighted by Gasteiger charge is -2.28. The molecule has 1 N–H and O–H groups in total. The van der Waals surface area contributed by atoms with Crippen molar-refractivity contribution in [3.8, 4) is 0 Å². The van der Waals surface area contributed by atoms with Crippen LogP contribution in [0.15, 0.2) is 41.8 Å². The van der Waals surface area contributed by atoms with Crippen molar-refractivity contribution in [3.63, 3.8) is 0 Å². The van der Waals surface area contributed by atoms with Crippen molar-refractivity contribution in [2.24, 2.45) is 0 Å². The fourth-order valence-electron chi connectivity index (χ4n) is 4.31. The summed E-state index contributed by atoms with van der Waals surface area (Å²) in [6.07, 6.45) is 12.5. The maximum atomic E-state index is 4.77. The first-order valence-corrected chi connectivity index (χ1v) is 10.4. The van der Waals surface area contributed by atoms with E-state index in [2.05, 4.69) is 61.0 Å². The van der Waals surface area contributed by atoms with E-state index < -0.39 is 0 Å². The average Bonchev–Trinajstić information content (AvgIpc) is 2.66. The maximum absolute atomic E-state index is 4.77. The number of allylic oxidation sites excluding steroid dienone is 2. The van der Waals surface area contributed by atoms with Crippen molar-refractivity contribution >= 4 is 5.71 Å². The van der Waals surface area contributed by atoms with Crippen molar-refractivity contribution in [2.75, 3.05) is 33.7 Å². The summed E-state index contributed by atoms with van der Waals surface area (Å²) in [7, 11) is 4.32. The molecule has 3 heterocycles. The third-order valence-electron chi connectivity index (χ3n) is 5.69. The Hall–Kier alpha value is -1.94. The highest BCUT2D eigenvalue weighted by Gasteiger charge is 2.35. The van der Waals surface area contributed by atoms with E-state index in [0.717, 1.165) is 26.1 Å². The van der Waals surface area contributed by atoms with E-state index >= 15 is 0 Å². The first kappa shape index (κ1) is 19.8. The van der Waals surface area contributed by atoms with Gasteiger partial charge in [-0.25, -0.2) is 4.58 Å². The molecule has 3 rings (SSSR count). The molecule has 146 valence electrons. The molecule has 1 aromatic rings. The van der Waals surface area contributed by atoms with Gasteiger partial charge in [-0.05, 0) is 64.5 Å². The Morgan fingerprint density at radius 1 is 1.26 bits per heavy atom. The van der Waals surface area contributed by atoms with Gasteiger partial charge in [0.05, 0.1) is 5.70 Å². The minimum Gasteiger partial charge on any atom is -0.379 e. The number of rotatable bonds is 7. The lowest BCUT2D eigenvalue weighted by Crippen LogP contribution is -2.43. The van der Waals surface area contributed by atoms with Crippen LogP contribution >= 0.6 is 0 Å². The maximum Gasteiger partial charge on any atom is 0.202 e. The number of dihydropyridines is 1. The molecule has 1 atom stereocenters. The van der Waals surface area contributed by atoms with E-state index in [-0.39, 0.29) is 0 Å². The third kappa shape index (κ3) is 4.86. The molecule has 0 unspecified atom stereocenters. The largest absolute Gasteiger partial charge is 0.379 e. The van der Waals surface area contributed by atoms with Gasteiger partial charge in [0.2, 0.25) is 5.71 Å². The van der Waals surface area contributed by atoms with Gasteiger partial charge in [0.15, 0.2) is 6.04 Å². The molecular formula is C23H35N4+. The first-order chi connectivity index (χ1) is 13.1. The molecule has 0 saturated carbocycles. The van der Waals surface area contributed by atoms with Gasteiger partial charge in [0.25, 0.3) is 0 Å². The van der Waals surface area contributed by atoms with Crippen molar-refractivity contribution < 1.29 is 4.58 Å². The SMILES string of the molecule is CC1=C([C@H]2CCCC(c3ncccc3C)=[N+]2CCCCN(C)C)NCC=C1. The number of aromatic nitrogens is 1. The van der Waals surface area contributed by atoms with E-state index in [0.29, 0.717) is 6.04 Å². The van der Waals surface area contributed by atoms with Crippen molar-refractivity contribution in [3.05, 3.63) is 53.0 Å². The summed E-state index contributed by atoms with van der Waals surface area (Å²) in [6.45, 7) is 7.62. The zero-order valence-electron chi connectivity index (χ0n) is 17.5. The Kier molecular flexibility index (Phi) is 6.84. The summed E-state index contributed by atoms with van der Waals surface area (Å²) in [5, 5.41) is 3.67. The summed E-state index contributed by atoms with van der Waals surface area (Å²) in [5.74, 6) is 0. The molecule has 4 nitrogen and oxygen atoms in total. The summed E-state index contributed by atoms with van der Waals surface area (Å²) >= 11 is 0. The standard InChI is InChI=1S/C23H35N4/c1-18-10-8-14-24-22(18)20-12-7-13-21(23-19(2)11-9-15-25-23)27(20)17-6-5-16-26(3)4/h8-11,14,21,25H,5-7,12-13,15-17H2,1-4H3/q+1/t21-/m1/s1. The normalized spacial score (nSPS) is 20.4. The quantitative estimate of drug-likeness (QED) is 0.591. The zero-order chi connectivity index (χ0) is 19.2. The van der Waals surface area contributed by atoms with Crippen LogP contribution in [0.25, 0.3) is 0 Å². The fraction of sp³-hybridized carbons (Fsp3) is 0.565. The van der Waals surface area contributed by atoms with Crippen LogP contribution in [-0.2, 0) is 0 Å². The lowest BCUT2D eigenvalue weighted by molar-refractivity contribution is -0.563. The summed E-state index contributed by atoms with van der Waals surface area (Å²) in [6, 6.07) is 4.68. The molecule has 0 fully saturated rings. The van der Waals surface area contributed by atoms with Gasteiger partial charge in [-0.1, -0.05) is 18.2 Å². The van der Waals surface area contributed by atoms with Gasteiger partial charge in [0, 0.05) is 32.0 Å². The van der Waals surface area contributed by atoms with Crippen molar-refractivity contribution in [1.29, 1.82) is 0 Å². The Morgan fingerprint density at radius 3 is 2.85 bits per heavy atom. The van der Waals surface area contributed by atoms with E-state index in [1.54, 1.807) is 0 Å². The number of nitrogens with zero attached hydrogens (tertiary/aromatic N) is 3. The number of hydrogen-bond donors (Lipinski definition) is 1. The van der Waals surface area contributed by atoms with E-state index in [1.165, 1.54) is 53.9 Å². The molecule has 0 bridgehead atoms. The highest BCUT2D eigenvalue weighted by atomic mass is 15.1. The van der Waals surface area contributed by atoms with Crippen LogP contribution in [0, 0.1) is 6.92 Å². The topological polar surface area (TPSA) is 31.2 Å². The molecule has 0 radical (unpaired) electrons. The molecular weight excluding hydrogens is 332 g/mol. The van der Waals surface area contributed by atoms with Crippen LogP contribution in [0.5, 0.6) is 0 Å². The van der Waals surface area contributed by atoms with Gasteiger partial charge in [0.1, 0.15) is 12.2 Å². The summed E-state index contributed by atoms with van der Waals surface area (Å²) < 4.78 is 2.67. The van der Waals surface area contributed by atoms with E-state index in [4.69, 9.17) is 4.98 Å². The van der Waals surface area contributed by atoms with Crippen LogP contribution < -0.4 is 5.32 Å². The number of hydrogen-bond acceptors (Lipinski definition) is 3. The van der Waals surface area contributed by atoms with Gasteiger partial charge in [-0.15, -0.1) is 0 Å². The van der Waals surface area contributed by atoms with Gasteiger partial charge in [-0.2, -0.15) is 0 Å². The molecule has 2 aliphatic rings. The Labute approximate surface area is 164 Å². The highest BCUT2D eigenvalue weighted by molar-refractivity contribution is 5.96. The van der Waals surface area contributed by atoms with Gasteiger partial charge in [-0.3, -0.25) is 4.98 Å². The molecule has 0 aliphatic carbocycles. The molecule has 0 spiro atoms. The summed E-state index contributed by atoms with van der Waals surface area (Å²) in [4.78, 5) is 7.05. The number of nitrogens with one attached hydrogen (secondary N) is 1. The van der Waals surface area contributed by atoms with Crippen LogP contribution in [0.2, 0.25) is 0 Å². The Balaban J connectivity index is 1.95. The molecule has 1 aromatic heterocycles. The molecule has 0 amide bonds. The van der Waals surface area contributed by atoms with Crippen LogP contribution in [0.1, 0.15) is 50.3 Å². The van der Waals surface area contributed by atoms with E-state index in [9.17, 15) is 0 Å². The first-order valence-electron chi connectivity index (χ1n) is 10.4. The minimum absolute atomic E-state index is 0.444. The number of aryl methyl sites for hydroxylation is 1. The Bertz CT molecular complexity index is 743. The van der Waals surface area contributed by atoms with Crippen LogP contribution in [-0.4, -0.2) is 59.9 Å². The molecule has 0 aromatic carbocycles. The second kappa shape index (κ2) is 9.32. The van der Waals surface area contributed by atoms with E-state index in [1.807, 2.05) is 12.3 Å². The van der Waals surface area contributed by atoms with Gasteiger partial charge >= 0.3 is 0 Å². The predicted molar refractivity (Wildman–Crippen MR) is 113 cm³/mol. The fourth-order valence-corrected chi connectivity index (χ4v) is 4.31. The molecule has 0 saturated heterocycles. The summed E-state index contributed by atoms with van der Waals surface area (Å²) in [5.41, 5.74) is 6.71. The van der Waals surface area contributed by atoms with Gasteiger partial charge < -0.3 is 10.2 Å². The monoisotopic (exact) mass is 367 g/mol. The molecule has 2 aliphatic heterocycles. The third-order valence-corrected chi connectivity index (χ3v) is 5.69. The number of pyridine rings is 1. The Morgan fingerprint density at radius 2 is 2.11 bits per heavy atom. The lowest BCUT2D eigenvalue weighted by atomic mass is 9.92. The predicted octanol–water partition coefficient (Wildman–Crippen LogP) is 3.52. The molecule has 27 heavy (non-hydrogen) atoms. The second-order valence-corrected chi connectivity index (χ2v) is 8.11. The highest BCUT2D eigenvalue weighted by Crippen LogP contribution is 2.25. The average molecular weight is 368 g/mol. The van der Waals surface area contributed by atoms with Crippen molar-refractivity contribution in [2.45, 2.75) is 52.0 Å². The second-order valence-electron chi connectivity index (χ2n) is 8.11. The molecule has 4 heteroatoms.